The molecule has 0 atom stereocenters. The summed E-state index contributed by atoms with van der Waals surface area (Å²) in [6.07, 6.45) is 4.92. The molecule has 0 aliphatic carbocycles. The summed E-state index contributed by atoms with van der Waals surface area (Å²) in [5.41, 5.74) is 4.93. The van der Waals surface area contributed by atoms with E-state index >= 15 is 0 Å². The lowest BCUT2D eigenvalue weighted by Gasteiger charge is -2.05. The summed E-state index contributed by atoms with van der Waals surface area (Å²) < 4.78 is 13.8. The number of aryl methyl sites for hydroxylation is 1. The molecule has 0 aliphatic rings. The average molecular weight is 377 g/mol. The molecule has 0 radical (unpaired) electrons. The van der Waals surface area contributed by atoms with Crippen LogP contribution >= 0.6 is 11.6 Å². The smallest absolute Gasteiger partial charge is 0.140 e. The highest BCUT2D eigenvalue weighted by Gasteiger charge is 2.01. The zero-order chi connectivity index (χ0) is 19.1. The molecule has 0 aromatic heterocycles. The molecular weight excluding hydrogens is 355 g/mol. The van der Waals surface area contributed by atoms with Gasteiger partial charge in [0.15, 0.2) is 0 Å². The number of hydrogen-bond donors (Lipinski definition) is 0. The molecule has 0 N–H and O–H groups in total. The van der Waals surface area contributed by atoms with Crippen LogP contribution in [-0.2, 0) is 6.42 Å². The monoisotopic (exact) mass is 376 g/mol. The molecular formula is C25H22ClF. The molecule has 0 aliphatic heterocycles. The quantitative estimate of drug-likeness (QED) is 0.324. The first-order valence-electron chi connectivity index (χ1n) is 9.32. The summed E-state index contributed by atoms with van der Waals surface area (Å²) in [5, 5.41) is 0.374. The molecule has 0 bridgehead atoms. The van der Waals surface area contributed by atoms with E-state index < -0.39 is 5.82 Å². The van der Waals surface area contributed by atoms with E-state index in [4.69, 9.17) is 11.6 Å². The molecule has 3 aromatic carbocycles. The second-order valence-electron chi connectivity index (χ2n) is 6.61. The van der Waals surface area contributed by atoms with Crippen LogP contribution in [0.25, 0.3) is 11.1 Å². The lowest BCUT2D eigenvalue weighted by molar-refractivity contribution is 0.624. The van der Waals surface area contributed by atoms with Gasteiger partial charge in [-0.25, -0.2) is 4.39 Å². The number of halogens is 2. The summed E-state index contributed by atoms with van der Waals surface area (Å²) in [6, 6.07) is 21.3. The van der Waals surface area contributed by atoms with Gasteiger partial charge < -0.3 is 0 Å². The van der Waals surface area contributed by atoms with Crippen LogP contribution in [0.15, 0.2) is 66.7 Å². The van der Waals surface area contributed by atoms with E-state index in [2.05, 4.69) is 43.0 Å². The molecule has 0 nitrogen and oxygen atoms in total. The lowest BCUT2D eigenvalue weighted by Crippen LogP contribution is -1.86. The molecule has 2 heteroatoms. The van der Waals surface area contributed by atoms with Crippen molar-refractivity contribution in [3.8, 4) is 23.0 Å². The molecule has 3 aromatic rings. The van der Waals surface area contributed by atoms with Crippen LogP contribution in [-0.4, -0.2) is 0 Å². The van der Waals surface area contributed by atoms with Crippen molar-refractivity contribution in [2.24, 2.45) is 0 Å². The first-order valence-corrected chi connectivity index (χ1v) is 9.70. The Labute approximate surface area is 166 Å². The van der Waals surface area contributed by atoms with Crippen LogP contribution in [0.4, 0.5) is 4.39 Å². The molecule has 0 unspecified atom stereocenters. The van der Waals surface area contributed by atoms with E-state index in [1.165, 1.54) is 36.5 Å². The highest BCUT2D eigenvalue weighted by molar-refractivity contribution is 6.30. The second-order valence-corrected chi connectivity index (χ2v) is 7.04. The van der Waals surface area contributed by atoms with Gasteiger partial charge in [0.1, 0.15) is 5.82 Å². The normalized spacial score (nSPS) is 10.3. The van der Waals surface area contributed by atoms with Gasteiger partial charge in [0.2, 0.25) is 0 Å². The Bertz CT molecular complexity index is 944. The zero-order valence-electron chi connectivity index (χ0n) is 15.4. The van der Waals surface area contributed by atoms with Crippen LogP contribution in [0.3, 0.4) is 0 Å². The molecule has 0 saturated carbocycles. The van der Waals surface area contributed by atoms with Crippen LogP contribution < -0.4 is 0 Å². The summed E-state index contributed by atoms with van der Waals surface area (Å²) in [5.74, 6) is 5.47. The number of rotatable bonds is 5. The van der Waals surface area contributed by atoms with Crippen LogP contribution in [0.1, 0.15) is 42.9 Å². The summed E-state index contributed by atoms with van der Waals surface area (Å²) >= 11 is 5.76. The maximum atomic E-state index is 13.8. The molecule has 0 fully saturated rings. The number of unbranched alkanes of at least 4 members (excludes halogenated alkanes) is 2. The fourth-order valence-electron chi connectivity index (χ4n) is 2.92. The van der Waals surface area contributed by atoms with Crippen molar-refractivity contribution in [3.63, 3.8) is 0 Å². The van der Waals surface area contributed by atoms with Gasteiger partial charge >= 0.3 is 0 Å². The van der Waals surface area contributed by atoms with Gasteiger partial charge in [-0.05, 0) is 59.9 Å². The minimum Gasteiger partial charge on any atom is -0.206 e. The Hall–Kier alpha value is -2.56. The molecule has 136 valence electrons. The van der Waals surface area contributed by atoms with Gasteiger partial charge in [0.05, 0.1) is 5.56 Å². The highest BCUT2D eigenvalue weighted by atomic mass is 35.5. The van der Waals surface area contributed by atoms with Crippen LogP contribution in [0.5, 0.6) is 0 Å². The van der Waals surface area contributed by atoms with Gasteiger partial charge in [-0.15, -0.1) is 0 Å². The number of benzene rings is 3. The Kier molecular flexibility index (Phi) is 6.69. The van der Waals surface area contributed by atoms with E-state index in [0.29, 0.717) is 10.6 Å². The second kappa shape index (κ2) is 9.40. The minimum atomic E-state index is -0.398. The molecule has 0 heterocycles. The third-order valence-electron chi connectivity index (χ3n) is 4.51. The fourth-order valence-corrected chi connectivity index (χ4v) is 3.08. The Morgan fingerprint density at radius 3 is 2.11 bits per heavy atom. The van der Waals surface area contributed by atoms with Crippen molar-refractivity contribution < 1.29 is 4.39 Å². The number of hydrogen-bond acceptors (Lipinski definition) is 0. The predicted octanol–water partition coefficient (Wildman–Crippen LogP) is 7.28. The SMILES string of the molecule is CCCCCc1ccc(-c2ccc(C#Cc3ccc(Cl)cc3F)cc2)cc1. The third-order valence-corrected chi connectivity index (χ3v) is 4.75. The van der Waals surface area contributed by atoms with Gasteiger partial charge in [0.25, 0.3) is 0 Å². The Balaban J connectivity index is 1.69. The van der Waals surface area contributed by atoms with Crippen molar-refractivity contribution in [2.75, 3.05) is 0 Å². The summed E-state index contributed by atoms with van der Waals surface area (Å²) in [6.45, 7) is 2.23. The van der Waals surface area contributed by atoms with Crippen molar-refractivity contribution >= 4 is 11.6 Å². The Morgan fingerprint density at radius 1 is 0.815 bits per heavy atom. The van der Waals surface area contributed by atoms with Crippen molar-refractivity contribution in [2.45, 2.75) is 32.6 Å². The fraction of sp³-hybridized carbons (Fsp3) is 0.200. The van der Waals surface area contributed by atoms with Crippen molar-refractivity contribution in [3.05, 3.63) is 94.3 Å². The third kappa shape index (κ3) is 5.46. The van der Waals surface area contributed by atoms with E-state index in [0.717, 1.165) is 17.5 Å². The molecule has 0 amide bonds. The van der Waals surface area contributed by atoms with E-state index in [1.807, 2.05) is 24.3 Å². The Morgan fingerprint density at radius 2 is 1.48 bits per heavy atom. The largest absolute Gasteiger partial charge is 0.206 e. The summed E-state index contributed by atoms with van der Waals surface area (Å²) in [4.78, 5) is 0. The van der Waals surface area contributed by atoms with Crippen molar-refractivity contribution in [1.29, 1.82) is 0 Å². The van der Waals surface area contributed by atoms with Gasteiger partial charge in [-0.1, -0.05) is 79.6 Å². The van der Waals surface area contributed by atoms with E-state index in [-0.39, 0.29) is 0 Å². The lowest BCUT2D eigenvalue weighted by atomic mass is 10.0. The average Bonchev–Trinajstić information content (AvgIpc) is 2.69. The van der Waals surface area contributed by atoms with Crippen LogP contribution in [0.2, 0.25) is 5.02 Å². The first kappa shape index (κ1) is 19.2. The molecule has 27 heavy (non-hydrogen) atoms. The molecule has 0 spiro atoms. The maximum absolute atomic E-state index is 13.8. The van der Waals surface area contributed by atoms with Gasteiger partial charge in [0, 0.05) is 10.6 Å². The molecule has 3 rings (SSSR count). The zero-order valence-corrected chi connectivity index (χ0v) is 16.2. The first-order chi connectivity index (χ1) is 13.2. The maximum Gasteiger partial charge on any atom is 0.140 e. The standard InChI is InChI=1S/C25H22ClF/c1-2-3-4-5-19-6-11-21(12-7-19)22-13-8-20(9-14-22)10-15-23-16-17-24(26)18-25(23)27/h6-9,11-14,16-18H,2-5H2,1H3. The minimum absolute atomic E-state index is 0.349. The highest BCUT2D eigenvalue weighted by Crippen LogP contribution is 2.21. The van der Waals surface area contributed by atoms with E-state index in [1.54, 1.807) is 12.1 Å². The van der Waals surface area contributed by atoms with Gasteiger partial charge in [-0.3, -0.25) is 0 Å². The van der Waals surface area contributed by atoms with E-state index in [9.17, 15) is 4.39 Å². The van der Waals surface area contributed by atoms with Crippen LogP contribution in [0, 0.1) is 17.7 Å². The van der Waals surface area contributed by atoms with Crippen molar-refractivity contribution in [1.82, 2.24) is 0 Å². The predicted molar refractivity (Wildman–Crippen MR) is 112 cm³/mol. The summed E-state index contributed by atoms with van der Waals surface area (Å²) in [7, 11) is 0. The van der Waals surface area contributed by atoms with Gasteiger partial charge in [-0.2, -0.15) is 0 Å². The topological polar surface area (TPSA) is 0 Å². The molecule has 0 saturated heterocycles.